The summed E-state index contributed by atoms with van der Waals surface area (Å²) in [5.74, 6) is -0.0536. The predicted octanol–water partition coefficient (Wildman–Crippen LogP) is 4.00. The van der Waals surface area contributed by atoms with E-state index in [-0.39, 0.29) is 24.0 Å². The maximum atomic E-state index is 14.1. The van der Waals surface area contributed by atoms with Gasteiger partial charge in [-0.25, -0.2) is 9.37 Å². The van der Waals surface area contributed by atoms with Crippen molar-refractivity contribution in [2.24, 2.45) is 7.05 Å². The third kappa shape index (κ3) is 3.78. The summed E-state index contributed by atoms with van der Waals surface area (Å²) in [6.07, 6.45) is 3.38. The highest BCUT2D eigenvalue weighted by Gasteiger charge is 2.23. The van der Waals surface area contributed by atoms with Gasteiger partial charge >= 0.3 is 0 Å². The molecule has 6 nitrogen and oxygen atoms in total. The predicted molar refractivity (Wildman–Crippen MR) is 109 cm³/mol. The Labute approximate surface area is 172 Å². The molecule has 0 bridgehead atoms. The first kappa shape index (κ1) is 20.4. The van der Waals surface area contributed by atoms with Crippen molar-refractivity contribution in [2.45, 2.75) is 0 Å². The van der Waals surface area contributed by atoms with Gasteiger partial charge in [0.05, 0.1) is 30.0 Å². The summed E-state index contributed by atoms with van der Waals surface area (Å²) in [6, 6.07) is 6.13. The van der Waals surface area contributed by atoms with Gasteiger partial charge in [0.1, 0.15) is 11.6 Å². The molecule has 0 radical (unpaired) electrons. The Kier molecular flexibility index (Phi) is 6.07. The average molecular weight is 425 g/mol. The van der Waals surface area contributed by atoms with E-state index in [1.807, 2.05) is 23.9 Å². The van der Waals surface area contributed by atoms with E-state index < -0.39 is 5.82 Å². The molecule has 9 heteroatoms. The summed E-state index contributed by atoms with van der Waals surface area (Å²) in [5.41, 5.74) is 1.48. The molecule has 1 aromatic carbocycles. The van der Waals surface area contributed by atoms with Gasteiger partial charge in [0.15, 0.2) is 0 Å². The summed E-state index contributed by atoms with van der Waals surface area (Å²) >= 11 is 5.97. The fourth-order valence-electron chi connectivity index (χ4n) is 3.23. The molecule has 28 heavy (non-hydrogen) atoms. The van der Waals surface area contributed by atoms with Gasteiger partial charge in [0.25, 0.3) is 5.91 Å². The lowest BCUT2D eigenvalue weighted by Gasteiger charge is -2.27. The molecule has 0 saturated carbocycles. The molecule has 1 aliphatic rings. The Balaban J connectivity index is 0.00000225. The lowest BCUT2D eigenvalue weighted by Crippen LogP contribution is -2.40. The third-order valence-electron chi connectivity index (χ3n) is 4.62. The van der Waals surface area contributed by atoms with Crippen LogP contribution in [0.5, 0.6) is 0 Å². The minimum Gasteiger partial charge on any atom is -0.378 e. The maximum Gasteiger partial charge on any atom is 0.257 e. The van der Waals surface area contributed by atoms with E-state index in [2.05, 4.69) is 10.3 Å². The van der Waals surface area contributed by atoms with Gasteiger partial charge in [0.2, 0.25) is 0 Å². The molecule has 2 aromatic heterocycles. The number of amides is 1. The number of nitrogens with zero attached hydrogens (tertiary/aromatic N) is 3. The highest BCUT2D eigenvalue weighted by atomic mass is 35.5. The number of carbonyl (C=O) groups excluding carboxylic acids is 1. The van der Waals surface area contributed by atoms with Crippen LogP contribution in [0.2, 0.25) is 5.02 Å². The molecule has 1 aliphatic heterocycles. The highest BCUT2D eigenvalue weighted by molar-refractivity contribution is 6.30. The molecular formula is C19H19Cl2FN4O2. The van der Waals surface area contributed by atoms with Crippen molar-refractivity contribution in [3.8, 4) is 0 Å². The molecule has 3 aromatic rings. The van der Waals surface area contributed by atoms with E-state index in [0.29, 0.717) is 42.7 Å². The molecule has 1 saturated heterocycles. The van der Waals surface area contributed by atoms with Crippen molar-refractivity contribution < 1.29 is 13.9 Å². The van der Waals surface area contributed by atoms with Crippen molar-refractivity contribution >= 4 is 52.3 Å². The van der Waals surface area contributed by atoms with Crippen LogP contribution >= 0.6 is 24.0 Å². The van der Waals surface area contributed by atoms with Crippen molar-refractivity contribution in [1.29, 1.82) is 0 Å². The van der Waals surface area contributed by atoms with Crippen LogP contribution in [-0.2, 0) is 11.8 Å². The van der Waals surface area contributed by atoms with E-state index in [0.717, 1.165) is 10.9 Å². The molecule has 3 heterocycles. The molecule has 0 spiro atoms. The molecule has 1 amide bonds. The van der Waals surface area contributed by atoms with E-state index in [4.69, 9.17) is 16.3 Å². The van der Waals surface area contributed by atoms with Crippen LogP contribution in [0.3, 0.4) is 0 Å². The van der Waals surface area contributed by atoms with Crippen LogP contribution in [0.25, 0.3) is 10.9 Å². The normalized spacial score (nSPS) is 14.0. The zero-order valence-corrected chi connectivity index (χ0v) is 16.7. The second kappa shape index (κ2) is 8.34. The van der Waals surface area contributed by atoms with E-state index in [1.54, 1.807) is 4.90 Å². The Morgan fingerprint density at radius 3 is 2.79 bits per heavy atom. The van der Waals surface area contributed by atoms with Gasteiger partial charge in [-0.1, -0.05) is 11.6 Å². The largest absolute Gasteiger partial charge is 0.378 e. The number of anilines is 2. The second-order valence-corrected chi connectivity index (χ2v) is 6.80. The topological polar surface area (TPSA) is 59.4 Å². The number of aryl methyl sites for hydroxylation is 1. The number of rotatable bonds is 3. The molecule has 0 atom stereocenters. The van der Waals surface area contributed by atoms with Crippen molar-refractivity contribution in [3.05, 3.63) is 53.1 Å². The first-order valence-corrected chi connectivity index (χ1v) is 8.95. The third-order valence-corrected chi connectivity index (χ3v) is 4.85. The number of ether oxygens (including phenoxy) is 1. The van der Waals surface area contributed by atoms with Gasteiger partial charge in [-0.05, 0) is 24.3 Å². The van der Waals surface area contributed by atoms with E-state index in [9.17, 15) is 9.18 Å². The smallest absolute Gasteiger partial charge is 0.257 e. The summed E-state index contributed by atoms with van der Waals surface area (Å²) in [4.78, 5) is 19.1. The van der Waals surface area contributed by atoms with Crippen molar-refractivity contribution in [3.63, 3.8) is 0 Å². The standard InChI is InChI=1S/C19H18ClFN4O2.ClH/c1-24-5-4-13-17(24)14(19(26)25-6-8-27-9-7-25)11-22-18(13)23-16-10-12(20)2-3-15(16)21;/h2-5,10-11H,6-9H2,1H3,(H,22,23);1H. The minimum absolute atomic E-state index is 0. The van der Waals surface area contributed by atoms with Gasteiger partial charge in [-0.2, -0.15) is 0 Å². The number of fused-ring (bicyclic) bond motifs is 1. The fraction of sp³-hybridized carbons (Fsp3) is 0.263. The quantitative estimate of drug-likeness (QED) is 0.689. The fourth-order valence-corrected chi connectivity index (χ4v) is 3.40. The number of hydrogen-bond acceptors (Lipinski definition) is 4. The lowest BCUT2D eigenvalue weighted by atomic mass is 10.1. The first-order chi connectivity index (χ1) is 13.0. The summed E-state index contributed by atoms with van der Waals surface area (Å²) in [6.45, 7) is 2.17. The number of hydrogen-bond donors (Lipinski definition) is 1. The highest BCUT2D eigenvalue weighted by Crippen LogP contribution is 2.30. The van der Waals surface area contributed by atoms with Gasteiger partial charge < -0.3 is 19.5 Å². The van der Waals surface area contributed by atoms with Crippen LogP contribution in [0.15, 0.2) is 36.7 Å². The van der Waals surface area contributed by atoms with E-state index >= 15 is 0 Å². The average Bonchev–Trinajstić information content (AvgIpc) is 3.07. The van der Waals surface area contributed by atoms with Crippen molar-refractivity contribution in [2.75, 3.05) is 31.6 Å². The monoisotopic (exact) mass is 424 g/mol. The van der Waals surface area contributed by atoms with Crippen LogP contribution in [0, 0.1) is 5.82 Å². The first-order valence-electron chi connectivity index (χ1n) is 8.58. The summed E-state index contributed by atoms with van der Waals surface area (Å²) < 4.78 is 21.3. The van der Waals surface area contributed by atoms with Crippen LogP contribution < -0.4 is 5.32 Å². The number of carbonyl (C=O) groups is 1. The number of benzene rings is 1. The lowest BCUT2D eigenvalue weighted by molar-refractivity contribution is 0.0303. The van der Waals surface area contributed by atoms with Gasteiger partial charge in [0, 0.05) is 42.9 Å². The Morgan fingerprint density at radius 1 is 1.29 bits per heavy atom. The molecule has 1 N–H and O–H groups in total. The van der Waals surface area contributed by atoms with E-state index in [1.165, 1.54) is 24.4 Å². The summed E-state index contributed by atoms with van der Waals surface area (Å²) in [7, 11) is 1.86. The minimum atomic E-state index is -0.432. The molecular weight excluding hydrogens is 406 g/mol. The van der Waals surface area contributed by atoms with Crippen LogP contribution in [0.1, 0.15) is 10.4 Å². The SMILES string of the molecule is Cl.Cn1ccc2c(Nc3cc(Cl)ccc3F)ncc(C(=O)N3CCOCC3)c21. The zero-order chi connectivity index (χ0) is 19.0. The van der Waals surface area contributed by atoms with Gasteiger partial charge in [-0.3, -0.25) is 4.79 Å². The Morgan fingerprint density at radius 2 is 2.04 bits per heavy atom. The van der Waals surface area contributed by atoms with Crippen LogP contribution in [-0.4, -0.2) is 46.7 Å². The zero-order valence-electron chi connectivity index (χ0n) is 15.1. The molecule has 148 valence electrons. The summed E-state index contributed by atoms with van der Waals surface area (Å²) in [5, 5.41) is 4.14. The van der Waals surface area contributed by atoms with Crippen LogP contribution in [0.4, 0.5) is 15.9 Å². The number of pyridine rings is 1. The Hall–Kier alpha value is -2.35. The second-order valence-electron chi connectivity index (χ2n) is 6.36. The number of morpholine rings is 1. The number of aromatic nitrogens is 2. The number of nitrogens with one attached hydrogen (secondary N) is 1. The van der Waals surface area contributed by atoms with Gasteiger partial charge in [-0.15, -0.1) is 12.4 Å². The van der Waals surface area contributed by atoms with Crippen molar-refractivity contribution in [1.82, 2.24) is 14.5 Å². The Bertz CT molecular complexity index is 1020. The maximum absolute atomic E-state index is 14.1. The molecule has 1 fully saturated rings. The molecule has 4 rings (SSSR count). The number of halogens is 3. The molecule has 0 aliphatic carbocycles. The molecule has 0 unspecified atom stereocenters.